The molecule has 1 unspecified atom stereocenters. The minimum atomic E-state index is -0.299. The molecule has 0 heterocycles. The molecule has 3 heteroatoms. The van der Waals surface area contributed by atoms with E-state index in [-0.39, 0.29) is 12.0 Å². The Balaban J connectivity index is 3.50. The molecule has 0 aromatic heterocycles. The van der Waals surface area contributed by atoms with Crippen molar-refractivity contribution in [2.75, 3.05) is 20.7 Å². The maximum Gasteiger partial charge on any atom is 0.250 e. The number of carbonyl (C=O) groups is 1. The molecule has 1 amide bonds. The second kappa shape index (κ2) is 6.89. The summed E-state index contributed by atoms with van der Waals surface area (Å²) in [5, 5.41) is 0. The SMILES string of the molecule is CCCCCOC(C)C(=O)N(C)C. The van der Waals surface area contributed by atoms with Crippen LogP contribution < -0.4 is 0 Å². The summed E-state index contributed by atoms with van der Waals surface area (Å²) in [7, 11) is 3.49. The van der Waals surface area contributed by atoms with Crippen LogP contribution in [0.3, 0.4) is 0 Å². The molecular weight excluding hydrogens is 166 g/mol. The van der Waals surface area contributed by atoms with Gasteiger partial charge in [-0.25, -0.2) is 0 Å². The number of amides is 1. The number of rotatable bonds is 6. The van der Waals surface area contributed by atoms with Crippen LogP contribution in [-0.4, -0.2) is 37.6 Å². The summed E-state index contributed by atoms with van der Waals surface area (Å²) < 4.78 is 5.38. The lowest BCUT2D eigenvalue weighted by Gasteiger charge is -2.17. The lowest BCUT2D eigenvalue weighted by Crippen LogP contribution is -2.33. The van der Waals surface area contributed by atoms with Gasteiger partial charge in [0.25, 0.3) is 5.91 Å². The highest BCUT2D eigenvalue weighted by Gasteiger charge is 2.14. The van der Waals surface area contributed by atoms with E-state index in [0.717, 1.165) is 6.42 Å². The van der Waals surface area contributed by atoms with E-state index in [1.165, 1.54) is 12.8 Å². The maximum absolute atomic E-state index is 11.3. The van der Waals surface area contributed by atoms with Crippen molar-refractivity contribution >= 4 is 5.91 Å². The lowest BCUT2D eigenvalue weighted by atomic mass is 10.2. The minimum Gasteiger partial charge on any atom is -0.369 e. The summed E-state index contributed by atoms with van der Waals surface area (Å²) >= 11 is 0. The van der Waals surface area contributed by atoms with Crippen LogP contribution in [0.5, 0.6) is 0 Å². The summed E-state index contributed by atoms with van der Waals surface area (Å²) in [4.78, 5) is 12.9. The predicted molar refractivity (Wildman–Crippen MR) is 53.6 cm³/mol. The highest BCUT2D eigenvalue weighted by Crippen LogP contribution is 1.99. The van der Waals surface area contributed by atoms with Gasteiger partial charge in [-0.05, 0) is 13.3 Å². The Morgan fingerprint density at radius 3 is 2.46 bits per heavy atom. The second-order valence-electron chi connectivity index (χ2n) is 3.45. The highest BCUT2D eigenvalue weighted by atomic mass is 16.5. The van der Waals surface area contributed by atoms with Gasteiger partial charge in [-0.3, -0.25) is 4.79 Å². The number of hydrogen-bond donors (Lipinski definition) is 0. The van der Waals surface area contributed by atoms with E-state index in [9.17, 15) is 4.79 Å². The van der Waals surface area contributed by atoms with Gasteiger partial charge < -0.3 is 9.64 Å². The van der Waals surface area contributed by atoms with Gasteiger partial charge in [0.05, 0.1) is 0 Å². The molecular formula is C10H21NO2. The van der Waals surface area contributed by atoms with E-state index in [2.05, 4.69) is 6.92 Å². The van der Waals surface area contributed by atoms with E-state index in [0.29, 0.717) is 6.61 Å². The monoisotopic (exact) mass is 187 g/mol. The summed E-state index contributed by atoms with van der Waals surface area (Å²) in [6.45, 7) is 4.64. The van der Waals surface area contributed by atoms with Crippen LogP contribution in [0.15, 0.2) is 0 Å². The van der Waals surface area contributed by atoms with Crippen molar-refractivity contribution < 1.29 is 9.53 Å². The van der Waals surface area contributed by atoms with E-state index < -0.39 is 0 Å². The Hall–Kier alpha value is -0.570. The summed E-state index contributed by atoms with van der Waals surface area (Å²) in [5.74, 6) is 0.0384. The molecule has 0 saturated heterocycles. The largest absolute Gasteiger partial charge is 0.369 e. The van der Waals surface area contributed by atoms with Crippen molar-refractivity contribution in [2.24, 2.45) is 0 Å². The molecule has 0 saturated carbocycles. The molecule has 1 atom stereocenters. The molecule has 0 aliphatic rings. The van der Waals surface area contributed by atoms with Gasteiger partial charge in [0.1, 0.15) is 6.10 Å². The number of carbonyl (C=O) groups excluding carboxylic acids is 1. The van der Waals surface area contributed by atoms with E-state index >= 15 is 0 Å². The van der Waals surface area contributed by atoms with Crippen molar-refractivity contribution in [3.8, 4) is 0 Å². The quantitative estimate of drug-likeness (QED) is 0.592. The molecule has 0 N–H and O–H groups in total. The number of unbranched alkanes of at least 4 members (excludes halogenated alkanes) is 2. The Morgan fingerprint density at radius 1 is 1.38 bits per heavy atom. The van der Waals surface area contributed by atoms with Crippen LogP contribution in [-0.2, 0) is 9.53 Å². The smallest absolute Gasteiger partial charge is 0.250 e. The normalized spacial score (nSPS) is 12.6. The molecule has 0 aliphatic carbocycles. The first kappa shape index (κ1) is 12.4. The first-order chi connectivity index (χ1) is 6.09. The molecule has 0 rings (SSSR count). The minimum absolute atomic E-state index is 0.0384. The van der Waals surface area contributed by atoms with Gasteiger partial charge in [-0.1, -0.05) is 19.8 Å². The zero-order valence-corrected chi connectivity index (χ0v) is 9.17. The molecule has 0 spiro atoms. The number of hydrogen-bond acceptors (Lipinski definition) is 2. The third kappa shape index (κ3) is 5.64. The van der Waals surface area contributed by atoms with Crippen molar-refractivity contribution in [2.45, 2.75) is 39.2 Å². The number of ether oxygens (including phenoxy) is 1. The molecule has 0 bridgehead atoms. The molecule has 13 heavy (non-hydrogen) atoms. The summed E-state index contributed by atoms with van der Waals surface area (Å²) in [5.41, 5.74) is 0. The van der Waals surface area contributed by atoms with Crippen LogP contribution >= 0.6 is 0 Å². The third-order valence-electron chi connectivity index (χ3n) is 1.90. The summed E-state index contributed by atoms with van der Waals surface area (Å²) in [6, 6.07) is 0. The fraction of sp³-hybridized carbons (Fsp3) is 0.900. The van der Waals surface area contributed by atoms with Crippen molar-refractivity contribution in [3.63, 3.8) is 0 Å². The summed E-state index contributed by atoms with van der Waals surface area (Å²) in [6.07, 6.45) is 3.09. The van der Waals surface area contributed by atoms with Crippen molar-refractivity contribution in [1.82, 2.24) is 4.90 Å². The average molecular weight is 187 g/mol. The Morgan fingerprint density at radius 2 is 2.00 bits per heavy atom. The first-order valence-electron chi connectivity index (χ1n) is 4.92. The molecule has 3 nitrogen and oxygen atoms in total. The van der Waals surface area contributed by atoms with Gasteiger partial charge in [-0.2, -0.15) is 0 Å². The van der Waals surface area contributed by atoms with Gasteiger partial charge in [0, 0.05) is 20.7 Å². The fourth-order valence-electron chi connectivity index (χ4n) is 1.05. The Kier molecular flexibility index (Phi) is 6.59. The van der Waals surface area contributed by atoms with E-state index in [1.807, 2.05) is 0 Å². The molecule has 0 aliphatic heterocycles. The van der Waals surface area contributed by atoms with E-state index in [4.69, 9.17) is 4.74 Å². The number of likely N-dealkylation sites (N-methyl/N-ethyl adjacent to an activating group) is 1. The van der Waals surface area contributed by atoms with E-state index in [1.54, 1.807) is 25.9 Å². The maximum atomic E-state index is 11.3. The highest BCUT2D eigenvalue weighted by molar-refractivity contribution is 5.79. The van der Waals surface area contributed by atoms with Gasteiger partial charge in [-0.15, -0.1) is 0 Å². The Labute approximate surface area is 81.1 Å². The lowest BCUT2D eigenvalue weighted by molar-refractivity contribution is -0.140. The molecule has 0 aromatic rings. The third-order valence-corrected chi connectivity index (χ3v) is 1.90. The molecule has 78 valence electrons. The standard InChI is InChI=1S/C10H21NO2/c1-5-6-7-8-13-9(2)10(12)11(3)4/h9H,5-8H2,1-4H3. The topological polar surface area (TPSA) is 29.5 Å². The Bertz CT molecular complexity index is 146. The van der Waals surface area contributed by atoms with Crippen LogP contribution in [0.25, 0.3) is 0 Å². The second-order valence-corrected chi connectivity index (χ2v) is 3.45. The molecule has 0 fully saturated rings. The van der Waals surface area contributed by atoms with Crippen molar-refractivity contribution in [1.29, 1.82) is 0 Å². The van der Waals surface area contributed by atoms with Gasteiger partial charge >= 0.3 is 0 Å². The van der Waals surface area contributed by atoms with Crippen molar-refractivity contribution in [3.05, 3.63) is 0 Å². The molecule has 0 aromatic carbocycles. The zero-order chi connectivity index (χ0) is 10.3. The van der Waals surface area contributed by atoms with Crippen LogP contribution in [0.2, 0.25) is 0 Å². The van der Waals surface area contributed by atoms with Crippen LogP contribution in [0.4, 0.5) is 0 Å². The van der Waals surface area contributed by atoms with Gasteiger partial charge in [0.15, 0.2) is 0 Å². The predicted octanol–water partition coefficient (Wildman–Crippen LogP) is 1.67. The van der Waals surface area contributed by atoms with Gasteiger partial charge in [0.2, 0.25) is 0 Å². The molecule has 0 radical (unpaired) electrons. The zero-order valence-electron chi connectivity index (χ0n) is 9.17. The first-order valence-corrected chi connectivity index (χ1v) is 4.92. The van der Waals surface area contributed by atoms with Crippen LogP contribution in [0, 0.1) is 0 Å². The number of nitrogens with zero attached hydrogens (tertiary/aromatic N) is 1. The average Bonchev–Trinajstić information content (AvgIpc) is 2.10. The van der Waals surface area contributed by atoms with Crippen LogP contribution in [0.1, 0.15) is 33.1 Å². The fourth-order valence-corrected chi connectivity index (χ4v) is 1.05.